The lowest BCUT2D eigenvalue weighted by Crippen LogP contribution is -1.98. The summed E-state index contributed by atoms with van der Waals surface area (Å²) in [5.74, 6) is 0.729. The van der Waals surface area contributed by atoms with Crippen molar-refractivity contribution in [3.05, 3.63) is 84.6 Å². The van der Waals surface area contributed by atoms with E-state index in [1.807, 2.05) is 0 Å². The summed E-state index contributed by atoms with van der Waals surface area (Å²) < 4.78 is 10.5. The van der Waals surface area contributed by atoms with Gasteiger partial charge in [-0.2, -0.15) is 5.10 Å². The van der Waals surface area contributed by atoms with Gasteiger partial charge in [0, 0.05) is 6.07 Å². The van der Waals surface area contributed by atoms with Crippen molar-refractivity contribution in [3.8, 4) is 17.1 Å². The first-order valence-electron chi connectivity index (χ1n) is 8.44. The van der Waals surface area contributed by atoms with Crippen LogP contribution in [0.15, 0.2) is 58.0 Å². The highest BCUT2D eigenvalue weighted by molar-refractivity contribution is 5.80. The van der Waals surface area contributed by atoms with Crippen molar-refractivity contribution in [1.29, 1.82) is 0 Å². The lowest BCUT2D eigenvalue weighted by Gasteiger charge is -2.03. The Kier molecular flexibility index (Phi) is 5.86. The maximum Gasteiger partial charge on any atom is 0.301 e. The Morgan fingerprint density at radius 3 is 2.32 bits per heavy atom. The number of benzene rings is 2. The van der Waals surface area contributed by atoms with Gasteiger partial charge in [-0.3, -0.25) is 35.8 Å². The fourth-order valence-corrected chi connectivity index (χ4v) is 2.61. The molecule has 0 saturated heterocycles. The zero-order valence-corrected chi connectivity index (χ0v) is 15.8. The van der Waals surface area contributed by atoms with E-state index >= 15 is 0 Å². The molecule has 1 aromatic heterocycles. The first kappa shape index (κ1) is 20.9. The van der Waals surface area contributed by atoms with E-state index in [1.54, 1.807) is 6.07 Å². The predicted octanol–water partition coefficient (Wildman–Crippen LogP) is 4.13. The second-order valence-corrected chi connectivity index (χ2v) is 5.93. The van der Waals surface area contributed by atoms with Crippen LogP contribution in [0.1, 0.15) is 5.76 Å². The smallest absolute Gasteiger partial charge is 0.301 e. The van der Waals surface area contributed by atoms with Crippen molar-refractivity contribution in [1.82, 2.24) is 0 Å². The summed E-state index contributed by atoms with van der Waals surface area (Å²) in [5, 5.41) is 37.1. The molecule has 0 aliphatic carbocycles. The summed E-state index contributed by atoms with van der Waals surface area (Å²) in [6.07, 6.45) is 1.20. The number of nitrogens with zero attached hydrogens (tertiary/aromatic N) is 4. The van der Waals surface area contributed by atoms with E-state index in [0.29, 0.717) is 5.75 Å². The van der Waals surface area contributed by atoms with Gasteiger partial charge in [-0.05, 0) is 30.3 Å². The van der Waals surface area contributed by atoms with E-state index in [1.165, 1.54) is 37.6 Å². The maximum atomic E-state index is 11.3. The molecule has 13 heteroatoms. The molecule has 13 nitrogen and oxygen atoms in total. The zero-order chi connectivity index (χ0) is 22.5. The molecule has 31 heavy (non-hydrogen) atoms. The topological polar surface area (TPSA) is 176 Å². The Morgan fingerprint density at radius 2 is 1.68 bits per heavy atom. The third-order valence-electron chi connectivity index (χ3n) is 4.06. The molecule has 3 aromatic rings. The number of hydrogen-bond acceptors (Lipinski definition) is 10. The van der Waals surface area contributed by atoms with Crippen LogP contribution in [0.25, 0.3) is 11.3 Å². The third-order valence-corrected chi connectivity index (χ3v) is 4.06. The Hall–Kier alpha value is -4.81. The van der Waals surface area contributed by atoms with Crippen molar-refractivity contribution >= 4 is 29.0 Å². The number of methoxy groups -OCH3 is 1. The summed E-state index contributed by atoms with van der Waals surface area (Å²) >= 11 is 0. The largest absolute Gasteiger partial charge is 0.497 e. The number of furan rings is 1. The second kappa shape index (κ2) is 8.69. The third kappa shape index (κ3) is 4.61. The fourth-order valence-electron chi connectivity index (χ4n) is 2.61. The number of non-ortho nitro benzene ring substituents is 1. The van der Waals surface area contributed by atoms with Crippen LogP contribution in [0.5, 0.6) is 5.75 Å². The van der Waals surface area contributed by atoms with E-state index in [4.69, 9.17) is 9.15 Å². The van der Waals surface area contributed by atoms with Crippen LogP contribution < -0.4 is 10.2 Å². The van der Waals surface area contributed by atoms with Gasteiger partial charge >= 0.3 is 5.69 Å². The molecule has 0 fully saturated rings. The van der Waals surface area contributed by atoms with Gasteiger partial charge in [-0.15, -0.1) is 0 Å². The summed E-state index contributed by atoms with van der Waals surface area (Å²) in [7, 11) is 1.39. The molecule has 3 rings (SSSR count). The first-order chi connectivity index (χ1) is 14.8. The van der Waals surface area contributed by atoms with Gasteiger partial charge in [-0.1, -0.05) is 0 Å². The number of nitro benzene ring substituents is 3. The van der Waals surface area contributed by atoms with Crippen LogP contribution in [0.4, 0.5) is 22.7 Å². The number of ether oxygens (including phenoxy) is 1. The normalized spacial score (nSPS) is 10.7. The van der Waals surface area contributed by atoms with Crippen LogP contribution in [-0.2, 0) is 0 Å². The monoisotopic (exact) mass is 427 g/mol. The molecule has 158 valence electrons. The molecule has 0 radical (unpaired) electrons. The Morgan fingerprint density at radius 1 is 0.935 bits per heavy atom. The van der Waals surface area contributed by atoms with Gasteiger partial charge in [0.2, 0.25) is 0 Å². The molecular formula is C18H13N5O8. The van der Waals surface area contributed by atoms with E-state index < -0.39 is 26.1 Å². The standard InChI is InChI=1S/C18H13N5O8/c1-30-12-3-5-14(16(9-12)22(26)27)18-7-4-13(31-18)10-19-20-15-6-2-11(21(24)25)8-17(15)23(28)29/h2-10,20H,1H3/b19-10-. The average Bonchev–Trinajstić information content (AvgIpc) is 3.21. The number of hydrogen-bond donors (Lipinski definition) is 1. The lowest BCUT2D eigenvalue weighted by molar-refractivity contribution is -0.393. The SMILES string of the molecule is COc1ccc(-c2ccc(/C=N\Nc3ccc([N+](=O)[O-])cc3[N+](=O)[O-])o2)c([N+](=O)[O-])c1. The van der Waals surface area contributed by atoms with Crippen molar-refractivity contribution < 1.29 is 23.9 Å². The van der Waals surface area contributed by atoms with Crippen LogP contribution in [0.2, 0.25) is 0 Å². The minimum atomic E-state index is -0.779. The van der Waals surface area contributed by atoms with Gasteiger partial charge in [0.1, 0.15) is 23.0 Å². The van der Waals surface area contributed by atoms with Crippen molar-refractivity contribution in [2.24, 2.45) is 5.10 Å². The van der Waals surface area contributed by atoms with Crippen LogP contribution in [0, 0.1) is 30.3 Å². The Balaban J connectivity index is 1.82. The highest BCUT2D eigenvalue weighted by atomic mass is 16.6. The molecule has 0 aliphatic rings. The molecule has 0 aliphatic heterocycles. The van der Waals surface area contributed by atoms with Gasteiger partial charge in [-0.25, -0.2) is 0 Å². The summed E-state index contributed by atoms with van der Waals surface area (Å²) in [4.78, 5) is 31.1. The molecule has 0 amide bonds. The molecule has 0 bridgehead atoms. The summed E-state index contributed by atoms with van der Waals surface area (Å²) in [6.45, 7) is 0. The molecule has 0 atom stereocenters. The van der Waals surface area contributed by atoms with Crippen molar-refractivity contribution in [2.45, 2.75) is 0 Å². The minimum absolute atomic E-state index is 0.0654. The molecule has 0 unspecified atom stereocenters. The van der Waals surface area contributed by atoms with Gasteiger partial charge < -0.3 is 9.15 Å². The van der Waals surface area contributed by atoms with Crippen LogP contribution in [-0.4, -0.2) is 28.1 Å². The van der Waals surface area contributed by atoms with E-state index in [0.717, 1.165) is 18.2 Å². The summed E-state index contributed by atoms with van der Waals surface area (Å²) in [5.41, 5.74) is 1.41. The number of nitro groups is 3. The molecule has 0 spiro atoms. The number of hydrazone groups is 1. The fraction of sp³-hybridized carbons (Fsp3) is 0.0556. The quantitative estimate of drug-likeness (QED) is 0.314. The van der Waals surface area contributed by atoms with Gasteiger partial charge in [0.05, 0.1) is 45.8 Å². The van der Waals surface area contributed by atoms with Crippen LogP contribution in [0.3, 0.4) is 0 Å². The van der Waals surface area contributed by atoms with Crippen molar-refractivity contribution in [2.75, 3.05) is 12.5 Å². The van der Waals surface area contributed by atoms with E-state index in [2.05, 4.69) is 10.5 Å². The van der Waals surface area contributed by atoms with Crippen molar-refractivity contribution in [3.63, 3.8) is 0 Å². The zero-order valence-electron chi connectivity index (χ0n) is 15.8. The van der Waals surface area contributed by atoms with Gasteiger partial charge in [0.15, 0.2) is 0 Å². The molecule has 0 saturated carbocycles. The Labute approximate surface area is 173 Å². The Bertz CT molecular complexity index is 1200. The molecule has 1 N–H and O–H groups in total. The maximum absolute atomic E-state index is 11.3. The highest BCUT2D eigenvalue weighted by Gasteiger charge is 2.20. The second-order valence-electron chi connectivity index (χ2n) is 5.93. The number of anilines is 1. The average molecular weight is 427 g/mol. The van der Waals surface area contributed by atoms with Gasteiger partial charge in [0.25, 0.3) is 11.4 Å². The lowest BCUT2D eigenvalue weighted by atomic mass is 10.1. The summed E-state index contributed by atoms with van der Waals surface area (Å²) in [6, 6.07) is 10.4. The highest BCUT2D eigenvalue weighted by Crippen LogP contribution is 2.34. The first-order valence-corrected chi connectivity index (χ1v) is 8.44. The van der Waals surface area contributed by atoms with E-state index in [9.17, 15) is 30.3 Å². The molecular weight excluding hydrogens is 414 g/mol. The number of rotatable bonds is 8. The number of nitrogens with one attached hydrogen (secondary N) is 1. The van der Waals surface area contributed by atoms with Crippen LogP contribution >= 0.6 is 0 Å². The molecule has 2 aromatic carbocycles. The minimum Gasteiger partial charge on any atom is -0.497 e. The molecule has 1 heterocycles. The predicted molar refractivity (Wildman–Crippen MR) is 108 cm³/mol. The van der Waals surface area contributed by atoms with E-state index in [-0.39, 0.29) is 28.5 Å².